The van der Waals surface area contributed by atoms with Crippen LogP contribution in [0.3, 0.4) is 0 Å². The summed E-state index contributed by atoms with van der Waals surface area (Å²) in [5.41, 5.74) is 1.24. The Balaban J connectivity index is 1.55. The number of ether oxygens (including phenoxy) is 3. The Hall–Kier alpha value is -2.78. The minimum absolute atomic E-state index is 0.125. The van der Waals surface area contributed by atoms with Crippen LogP contribution in [0.15, 0.2) is 24.3 Å². The summed E-state index contributed by atoms with van der Waals surface area (Å²) in [4.78, 5) is 39.6. The number of hydrogen-bond donors (Lipinski definition) is 0. The van der Waals surface area contributed by atoms with E-state index in [0.717, 1.165) is 42.3 Å². The van der Waals surface area contributed by atoms with Gasteiger partial charge in [-0.2, -0.15) is 0 Å². The highest BCUT2D eigenvalue weighted by Crippen LogP contribution is 2.35. The number of aryl methyl sites for hydroxylation is 1. The zero-order valence-corrected chi connectivity index (χ0v) is 22.0. The van der Waals surface area contributed by atoms with Gasteiger partial charge in [0, 0.05) is 31.7 Å². The molecule has 1 aromatic carbocycles. The second-order valence-electron chi connectivity index (χ2n) is 10.6. The van der Waals surface area contributed by atoms with Crippen molar-refractivity contribution in [3.05, 3.63) is 35.8 Å². The molecule has 1 aliphatic heterocycles. The fraction of sp³-hybridized carbons (Fsp3) is 0.630. The van der Waals surface area contributed by atoms with Crippen molar-refractivity contribution in [1.29, 1.82) is 0 Å². The summed E-state index contributed by atoms with van der Waals surface area (Å²) in [5, 5.41) is 1.03. The number of benzene rings is 1. The monoisotopic (exact) mass is 498 g/mol. The first kappa shape index (κ1) is 26.3. The van der Waals surface area contributed by atoms with Gasteiger partial charge >= 0.3 is 6.09 Å². The molecular weight excluding hydrogens is 460 g/mol. The number of methoxy groups -OCH3 is 1. The Labute approximate surface area is 213 Å². The van der Waals surface area contributed by atoms with Crippen LogP contribution in [0.2, 0.25) is 0 Å². The number of carbonyl (C=O) groups is 2. The van der Waals surface area contributed by atoms with E-state index in [-0.39, 0.29) is 24.5 Å². The molecule has 0 unspecified atom stereocenters. The van der Waals surface area contributed by atoms with Crippen molar-refractivity contribution in [2.24, 2.45) is 0 Å². The van der Waals surface area contributed by atoms with E-state index in [1.807, 2.05) is 56.9 Å². The fourth-order valence-electron chi connectivity index (χ4n) is 4.54. The molecule has 2 atom stereocenters. The number of rotatable bonds is 8. The molecule has 196 valence electrons. The molecule has 0 bridgehead atoms. The lowest BCUT2D eigenvalue weighted by molar-refractivity contribution is -0.152. The number of para-hydroxylation sites is 1. The van der Waals surface area contributed by atoms with Crippen molar-refractivity contribution in [2.45, 2.75) is 77.2 Å². The van der Waals surface area contributed by atoms with Crippen molar-refractivity contribution in [3.8, 4) is 0 Å². The van der Waals surface area contributed by atoms with Gasteiger partial charge in [-0.25, -0.2) is 14.8 Å². The van der Waals surface area contributed by atoms with Gasteiger partial charge in [0.1, 0.15) is 5.60 Å². The van der Waals surface area contributed by atoms with Crippen LogP contribution < -0.4 is 0 Å². The molecule has 0 radical (unpaired) electrons. The maximum Gasteiger partial charge on any atom is 0.410 e. The summed E-state index contributed by atoms with van der Waals surface area (Å²) >= 11 is 0. The molecule has 1 aliphatic carbocycles. The number of nitrogens with zero attached hydrogens (tertiary/aromatic N) is 4. The van der Waals surface area contributed by atoms with Gasteiger partial charge in [0.15, 0.2) is 11.9 Å². The average molecular weight is 499 g/mol. The molecular formula is C27H38N4O5. The third-order valence-electron chi connectivity index (χ3n) is 6.44. The normalized spacial score (nSPS) is 19.2. The summed E-state index contributed by atoms with van der Waals surface area (Å²) < 4.78 is 16.6. The molecule has 2 heterocycles. The van der Waals surface area contributed by atoms with Crippen LogP contribution in [-0.4, -0.2) is 82.9 Å². The number of hydrogen-bond acceptors (Lipinski definition) is 7. The Morgan fingerprint density at radius 1 is 1.22 bits per heavy atom. The summed E-state index contributed by atoms with van der Waals surface area (Å²) in [5.74, 6) is 0.497. The van der Waals surface area contributed by atoms with Gasteiger partial charge in [-0.3, -0.25) is 4.79 Å². The van der Waals surface area contributed by atoms with Gasteiger partial charge in [-0.05, 0) is 59.4 Å². The highest BCUT2D eigenvalue weighted by Gasteiger charge is 2.42. The van der Waals surface area contributed by atoms with Crippen molar-refractivity contribution in [3.63, 3.8) is 0 Å². The molecule has 4 rings (SSSR count). The largest absolute Gasteiger partial charge is 0.444 e. The summed E-state index contributed by atoms with van der Waals surface area (Å²) in [7, 11) is 1.70. The summed E-state index contributed by atoms with van der Waals surface area (Å²) in [6, 6.07) is 7.78. The second kappa shape index (κ2) is 11.1. The van der Waals surface area contributed by atoms with E-state index in [0.29, 0.717) is 25.6 Å². The topological polar surface area (TPSA) is 94.1 Å². The summed E-state index contributed by atoms with van der Waals surface area (Å²) in [6.45, 7) is 8.99. The highest BCUT2D eigenvalue weighted by atomic mass is 16.6. The fourth-order valence-corrected chi connectivity index (χ4v) is 4.54. The third-order valence-corrected chi connectivity index (χ3v) is 6.44. The number of fused-ring (bicyclic) bond motifs is 1. The first-order valence-electron chi connectivity index (χ1n) is 12.8. The lowest BCUT2D eigenvalue weighted by Crippen LogP contribution is -2.54. The first-order chi connectivity index (χ1) is 17.2. The SMILES string of the molecule is COCCCc1nc([C@@H](C)N(C(=O)[C@H]2CN(C(=O)OC(C)(C)C)CCO2)C2CC2)nc2ccccc12. The Bertz CT molecular complexity index is 1080. The van der Waals surface area contributed by atoms with Crippen molar-refractivity contribution in [1.82, 2.24) is 19.8 Å². The predicted molar refractivity (Wildman–Crippen MR) is 136 cm³/mol. The van der Waals surface area contributed by atoms with Gasteiger partial charge < -0.3 is 24.0 Å². The molecule has 36 heavy (non-hydrogen) atoms. The smallest absolute Gasteiger partial charge is 0.410 e. The zero-order valence-electron chi connectivity index (χ0n) is 22.0. The Morgan fingerprint density at radius 3 is 2.67 bits per heavy atom. The molecule has 0 N–H and O–H groups in total. The quantitative estimate of drug-likeness (QED) is 0.510. The van der Waals surface area contributed by atoms with Crippen LogP contribution >= 0.6 is 0 Å². The lowest BCUT2D eigenvalue weighted by Gasteiger charge is -2.37. The average Bonchev–Trinajstić information content (AvgIpc) is 3.68. The zero-order chi connectivity index (χ0) is 25.9. The molecule has 1 saturated carbocycles. The van der Waals surface area contributed by atoms with Gasteiger partial charge in [0.25, 0.3) is 5.91 Å². The molecule has 9 nitrogen and oxygen atoms in total. The molecule has 1 saturated heterocycles. The molecule has 2 aliphatic rings. The van der Waals surface area contributed by atoms with Gasteiger partial charge in [0.05, 0.1) is 30.4 Å². The van der Waals surface area contributed by atoms with E-state index >= 15 is 0 Å². The van der Waals surface area contributed by atoms with Crippen molar-refractivity contribution >= 4 is 22.9 Å². The predicted octanol–water partition coefficient (Wildman–Crippen LogP) is 3.90. The van der Waals surface area contributed by atoms with Crippen LogP contribution in [0.25, 0.3) is 10.9 Å². The second-order valence-corrected chi connectivity index (χ2v) is 10.6. The number of aromatic nitrogens is 2. The van der Waals surface area contributed by atoms with E-state index in [1.54, 1.807) is 12.0 Å². The van der Waals surface area contributed by atoms with Crippen LogP contribution in [-0.2, 0) is 25.4 Å². The maximum absolute atomic E-state index is 13.8. The van der Waals surface area contributed by atoms with Crippen LogP contribution in [0.5, 0.6) is 0 Å². The maximum atomic E-state index is 13.8. The molecule has 9 heteroatoms. The van der Waals surface area contributed by atoms with Gasteiger partial charge in [-0.1, -0.05) is 18.2 Å². The molecule has 1 aromatic heterocycles. The van der Waals surface area contributed by atoms with E-state index < -0.39 is 17.8 Å². The number of amides is 2. The van der Waals surface area contributed by atoms with Crippen LogP contribution in [0, 0.1) is 0 Å². The Kier molecular flexibility index (Phi) is 8.10. The van der Waals surface area contributed by atoms with Crippen LogP contribution in [0.1, 0.15) is 64.5 Å². The third kappa shape index (κ3) is 6.31. The highest BCUT2D eigenvalue weighted by molar-refractivity contribution is 5.84. The number of morpholine rings is 1. The van der Waals surface area contributed by atoms with Crippen molar-refractivity contribution < 1.29 is 23.8 Å². The van der Waals surface area contributed by atoms with Gasteiger partial charge in [0.2, 0.25) is 0 Å². The standard InChI is InChI=1S/C27H38N4O5/c1-18(24-28-21-10-7-6-9-20(21)22(29-24)11-8-15-34-5)31(19-12-13-19)25(32)23-17-30(14-16-35-23)26(33)36-27(2,3)4/h6-7,9-10,18-19,23H,8,11-17H2,1-5H3/t18-,23-/m1/s1. The van der Waals surface area contributed by atoms with E-state index in [4.69, 9.17) is 24.2 Å². The van der Waals surface area contributed by atoms with Gasteiger partial charge in [-0.15, -0.1) is 0 Å². The van der Waals surface area contributed by atoms with E-state index in [2.05, 4.69) is 0 Å². The summed E-state index contributed by atoms with van der Waals surface area (Å²) in [6.07, 6.45) is 2.33. The first-order valence-corrected chi connectivity index (χ1v) is 12.8. The molecule has 2 amide bonds. The number of carbonyl (C=O) groups excluding carboxylic acids is 2. The molecule has 2 fully saturated rings. The van der Waals surface area contributed by atoms with Crippen LogP contribution in [0.4, 0.5) is 4.79 Å². The lowest BCUT2D eigenvalue weighted by atomic mass is 10.1. The van der Waals surface area contributed by atoms with E-state index in [1.165, 1.54) is 0 Å². The molecule has 0 spiro atoms. The minimum Gasteiger partial charge on any atom is -0.444 e. The molecule has 2 aromatic rings. The Morgan fingerprint density at radius 2 is 1.97 bits per heavy atom. The van der Waals surface area contributed by atoms with E-state index in [9.17, 15) is 9.59 Å². The van der Waals surface area contributed by atoms with Crippen molar-refractivity contribution in [2.75, 3.05) is 33.4 Å². The minimum atomic E-state index is -0.740.